The molecule has 3 aromatic rings. The van der Waals surface area contributed by atoms with E-state index >= 15 is 4.39 Å². The van der Waals surface area contributed by atoms with Crippen LogP contribution in [0.2, 0.25) is 0 Å². The number of thioether (sulfide) groups is 1. The number of halogens is 1. The number of anilines is 5. The Morgan fingerprint density at radius 1 is 1.18 bits per heavy atom. The second kappa shape index (κ2) is 11.3. The molecule has 2 aromatic carbocycles. The van der Waals surface area contributed by atoms with Crippen molar-refractivity contribution in [1.82, 2.24) is 9.47 Å². The maximum atomic E-state index is 15.0. The molecule has 0 unspecified atom stereocenters. The van der Waals surface area contributed by atoms with Gasteiger partial charge in [-0.25, -0.2) is 4.39 Å². The van der Waals surface area contributed by atoms with E-state index < -0.39 is 17.3 Å². The highest BCUT2D eigenvalue weighted by Gasteiger charge is 2.35. The fraction of sp³-hybridized carbons (Fsp3) is 0.286. The zero-order valence-electron chi connectivity index (χ0n) is 22.4. The van der Waals surface area contributed by atoms with Crippen LogP contribution in [0.5, 0.6) is 0 Å². The van der Waals surface area contributed by atoms with E-state index in [0.29, 0.717) is 22.7 Å². The molecule has 0 aliphatic heterocycles. The molecule has 0 spiro atoms. The van der Waals surface area contributed by atoms with Crippen LogP contribution in [-0.2, 0) is 16.6 Å². The lowest BCUT2D eigenvalue weighted by Gasteiger charge is -2.28. The summed E-state index contributed by atoms with van der Waals surface area (Å²) in [6.07, 6.45) is 4.02. The Kier molecular flexibility index (Phi) is 8.10. The van der Waals surface area contributed by atoms with Crippen LogP contribution in [0, 0.1) is 12.7 Å². The molecular weight excluding hydrogens is 521 g/mol. The van der Waals surface area contributed by atoms with Crippen molar-refractivity contribution in [1.29, 1.82) is 0 Å². The average molecular weight is 552 g/mol. The lowest BCUT2D eigenvalue weighted by Crippen LogP contribution is -2.35. The van der Waals surface area contributed by atoms with Gasteiger partial charge in [-0.15, -0.1) is 11.8 Å². The second-order valence-electron chi connectivity index (χ2n) is 9.39. The van der Waals surface area contributed by atoms with Crippen molar-refractivity contribution in [2.24, 2.45) is 7.05 Å². The zero-order chi connectivity index (χ0) is 28.4. The van der Waals surface area contributed by atoms with Crippen LogP contribution in [0.4, 0.5) is 33.0 Å². The van der Waals surface area contributed by atoms with Crippen molar-refractivity contribution in [3.8, 4) is 0 Å². The van der Waals surface area contributed by atoms with Gasteiger partial charge in [-0.1, -0.05) is 6.07 Å². The molecule has 2 N–H and O–H groups in total. The van der Waals surface area contributed by atoms with Crippen LogP contribution in [0.15, 0.2) is 52.2 Å². The highest BCUT2D eigenvalue weighted by molar-refractivity contribution is 7.98. The molecule has 0 atom stereocenters. The number of amides is 3. The second-order valence-corrected chi connectivity index (χ2v) is 10.3. The Morgan fingerprint density at radius 2 is 1.90 bits per heavy atom. The van der Waals surface area contributed by atoms with Crippen molar-refractivity contribution >= 4 is 58.6 Å². The molecule has 3 amide bonds. The predicted molar refractivity (Wildman–Crippen MR) is 152 cm³/mol. The summed E-state index contributed by atoms with van der Waals surface area (Å²) in [5.74, 6) is -1.21. The van der Waals surface area contributed by atoms with Crippen LogP contribution in [0.1, 0.15) is 35.7 Å². The number of hydrogen-bond acceptors (Lipinski definition) is 6. The first-order chi connectivity index (χ1) is 18.6. The van der Waals surface area contributed by atoms with Gasteiger partial charge >= 0.3 is 0 Å². The van der Waals surface area contributed by atoms with Gasteiger partial charge < -0.3 is 15.5 Å². The van der Waals surface area contributed by atoms with Gasteiger partial charge in [0.1, 0.15) is 17.2 Å². The molecular formula is C28H30FN5O4S. The van der Waals surface area contributed by atoms with E-state index in [4.69, 9.17) is 0 Å². The van der Waals surface area contributed by atoms with Gasteiger partial charge in [0, 0.05) is 43.2 Å². The van der Waals surface area contributed by atoms with E-state index in [0.717, 1.165) is 12.8 Å². The van der Waals surface area contributed by atoms with E-state index in [1.165, 1.54) is 48.2 Å². The predicted octanol–water partition coefficient (Wildman–Crippen LogP) is 4.79. The normalized spacial score (nSPS) is 12.6. The van der Waals surface area contributed by atoms with Crippen molar-refractivity contribution in [3.63, 3.8) is 0 Å². The van der Waals surface area contributed by atoms with Crippen LogP contribution < -0.4 is 21.1 Å². The molecule has 1 fully saturated rings. The van der Waals surface area contributed by atoms with Gasteiger partial charge in [0.15, 0.2) is 0 Å². The minimum absolute atomic E-state index is 0.0288. The van der Waals surface area contributed by atoms with Crippen molar-refractivity contribution < 1.29 is 18.8 Å². The zero-order valence-corrected chi connectivity index (χ0v) is 23.2. The molecule has 0 radical (unpaired) electrons. The summed E-state index contributed by atoms with van der Waals surface area (Å²) in [6.45, 7) is 2.90. The highest BCUT2D eigenvalue weighted by Crippen LogP contribution is 2.38. The van der Waals surface area contributed by atoms with E-state index in [-0.39, 0.29) is 40.3 Å². The third-order valence-corrected chi connectivity index (χ3v) is 7.36. The highest BCUT2D eigenvalue weighted by atomic mass is 32.2. The number of hydrogen-bond donors (Lipinski definition) is 2. The SMILES string of the molecule is CSc1ccc(Nc2c(C(=O)N(C)C3CC3)c(N(C=O)c3cccc(NC(C)=O)c3)c(C)c(=O)n2C)c(F)c1. The Morgan fingerprint density at radius 3 is 2.49 bits per heavy atom. The summed E-state index contributed by atoms with van der Waals surface area (Å²) in [7, 11) is 3.16. The molecule has 39 heavy (non-hydrogen) atoms. The fourth-order valence-corrected chi connectivity index (χ4v) is 4.83. The number of carbonyl (C=O) groups excluding carboxylic acids is 3. The first-order valence-electron chi connectivity index (χ1n) is 12.3. The topological polar surface area (TPSA) is 104 Å². The molecule has 1 aromatic heterocycles. The monoisotopic (exact) mass is 551 g/mol. The van der Waals surface area contributed by atoms with Crippen molar-refractivity contribution in [2.45, 2.75) is 37.6 Å². The van der Waals surface area contributed by atoms with Gasteiger partial charge in [-0.2, -0.15) is 0 Å². The molecule has 9 nitrogen and oxygen atoms in total. The van der Waals surface area contributed by atoms with Gasteiger partial charge in [0.25, 0.3) is 11.5 Å². The summed E-state index contributed by atoms with van der Waals surface area (Å²) in [6, 6.07) is 11.2. The molecule has 204 valence electrons. The molecule has 1 aliphatic carbocycles. The fourth-order valence-electron chi connectivity index (χ4n) is 4.41. The molecule has 1 saturated carbocycles. The average Bonchev–Trinajstić information content (AvgIpc) is 3.76. The van der Waals surface area contributed by atoms with Crippen LogP contribution in [0.3, 0.4) is 0 Å². The quantitative estimate of drug-likeness (QED) is 0.293. The van der Waals surface area contributed by atoms with Crippen LogP contribution in [-0.4, -0.2) is 47.0 Å². The molecule has 4 rings (SSSR count). The summed E-state index contributed by atoms with van der Waals surface area (Å²) in [4.78, 5) is 55.1. The number of nitrogens with one attached hydrogen (secondary N) is 2. The van der Waals surface area contributed by atoms with Crippen molar-refractivity contribution in [3.05, 3.63) is 69.8 Å². The van der Waals surface area contributed by atoms with E-state index in [9.17, 15) is 19.2 Å². The third kappa shape index (κ3) is 5.68. The Labute approximate surface area is 230 Å². The lowest BCUT2D eigenvalue weighted by atomic mass is 10.1. The van der Waals surface area contributed by atoms with E-state index in [2.05, 4.69) is 10.6 Å². The first kappa shape index (κ1) is 27.9. The lowest BCUT2D eigenvalue weighted by molar-refractivity contribution is -0.114. The number of rotatable bonds is 9. The largest absolute Gasteiger partial charge is 0.339 e. The summed E-state index contributed by atoms with van der Waals surface area (Å²) in [5, 5.41) is 5.63. The van der Waals surface area contributed by atoms with Crippen molar-refractivity contribution in [2.75, 3.05) is 28.8 Å². The summed E-state index contributed by atoms with van der Waals surface area (Å²) >= 11 is 1.38. The van der Waals surface area contributed by atoms with Gasteiger partial charge in [0.05, 0.1) is 17.1 Å². The van der Waals surface area contributed by atoms with Crippen LogP contribution >= 0.6 is 11.8 Å². The standard InChI is InChI=1S/C28H30FN5O4S/c1-16-25(34(15-35)20-8-6-7-18(13-20)30-17(2)36)24(28(38)32(3)19-9-10-19)26(33(4)27(16)37)31-23-12-11-21(39-5)14-22(23)29/h6-8,11-15,19,31H,9-10H2,1-5H3,(H,30,36). The first-order valence-corrected chi connectivity index (χ1v) is 13.5. The minimum Gasteiger partial charge on any atom is -0.339 e. The minimum atomic E-state index is -0.555. The Bertz CT molecular complexity index is 1520. The van der Waals surface area contributed by atoms with E-state index in [1.54, 1.807) is 48.3 Å². The number of pyridine rings is 1. The summed E-state index contributed by atoms with van der Waals surface area (Å²) < 4.78 is 16.3. The number of carbonyl (C=O) groups is 3. The molecule has 11 heteroatoms. The maximum Gasteiger partial charge on any atom is 0.259 e. The number of nitrogens with zero attached hydrogens (tertiary/aromatic N) is 3. The Hall–Kier alpha value is -4.12. The molecule has 1 aliphatic rings. The molecule has 0 bridgehead atoms. The van der Waals surface area contributed by atoms with E-state index in [1.807, 2.05) is 6.26 Å². The summed E-state index contributed by atoms with van der Waals surface area (Å²) in [5.41, 5.74) is 0.660. The smallest absolute Gasteiger partial charge is 0.259 e. The molecule has 1 heterocycles. The van der Waals surface area contributed by atoms with Crippen LogP contribution in [0.25, 0.3) is 0 Å². The Balaban J connectivity index is 1.97. The molecule has 0 saturated heterocycles. The maximum absolute atomic E-state index is 15.0. The van der Waals surface area contributed by atoms with Gasteiger partial charge in [-0.05, 0) is 62.4 Å². The third-order valence-electron chi connectivity index (χ3n) is 6.64. The number of aromatic nitrogens is 1. The number of benzene rings is 2. The van der Waals surface area contributed by atoms with Gasteiger partial charge in [-0.3, -0.25) is 28.6 Å². The van der Waals surface area contributed by atoms with Gasteiger partial charge in [0.2, 0.25) is 12.3 Å².